The first-order chi connectivity index (χ1) is 11.2. The third-order valence-corrected chi connectivity index (χ3v) is 4.64. The highest BCUT2D eigenvalue weighted by Crippen LogP contribution is 2.37. The van der Waals surface area contributed by atoms with Gasteiger partial charge in [0.2, 0.25) is 5.50 Å². The first kappa shape index (κ1) is 17.0. The minimum absolute atomic E-state index is 0.251. The molecule has 2 aromatic heterocycles. The zero-order valence-corrected chi connectivity index (χ0v) is 14.8. The summed E-state index contributed by atoms with van der Waals surface area (Å²) in [5.74, 6) is 0.966. The minimum Gasteiger partial charge on any atom is -0.445 e. The first-order valence-corrected chi connectivity index (χ1v) is 9.28. The molecule has 0 bridgehead atoms. The summed E-state index contributed by atoms with van der Waals surface area (Å²) in [6, 6.07) is 6.10. The summed E-state index contributed by atoms with van der Waals surface area (Å²) in [6.45, 7) is 4.68. The van der Waals surface area contributed by atoms with Gasteiger partial charge >= 0.3 is 7.60 Å². The molecular weight excluding hydrogens is 353 g/mol. The lowest BCUT2D eigenvalue weighted by molar-refractivity contribution is 0.377. The normalized spacial score (nSPS) is 12.4. The van der Waals surface area contributed by atoms with Crippen LogP contribution in [0, 0.1) is 5.92 Å². The summed E-state index contributed by atoms with van der Waals surface area (Å²) in [7, 11) is -4.47. The average molecular weight is 370 g/mol. The summed E-state index contributed by atoms with van der Waals surface area (Å²) in [5, 5.41) is 0.500. The van der Waals surface area contributed by atoms with Crippen molar-refractivity contribution in [2.75, 3.05) is 5.73 Å². The lowest BCUT2D eigenvalue weighted by Crippen LogP contribution is -2.06. The maximum absolute atomic E-state index is 11.4. The zero-order valence-electron chi connectivity index (χ0n) is 13.1. The fourth-order valence-corrected chi connectivity index (χ4v) is 3.29. The number of furan rings is 1. The summed E-state index contributed by atoms with van der Waals surface area (Å²) in [6.07, 6.45) is 0. The number of halogens is 1. The Kier molecular flexibility index (Phi) is 4.21. The van der Waals surface area contributed by atoms with Gasteiger partial charge in [-0.3, -0.25) is 4.57 Å². The lowest BCUT2D eigenvalue weighted by Gasteiger charge is -2.11. The van der Waals surface area contributed by atoms with Crippen molar-refractivity contribution in [2.45, 2.75) is 20.4 Å². The van der Waals surface area contributed by atoms with Crippen molar-refractivity contribution >= 4 is 41.4 Å². The number of hydrogen-bond acceptors (Lipinski definition) is 4. The van der Waals surface area contributed by atoms with E-state index < -0.39 is 13.1 Å². The third-order valence-electron chi connectivity index (χ3n) is 3.52. The maximum atomic E-state index is 11.4. The van der Waals surface area contributed by atoms with Crippen molar-refractivity contribution in [1.82, 2.24) is 9.55 Å². The maximum Gasteiger partial charge on any atom is 0.391 e. The number of imidazole rings is 1. The fraction of sp³-hybridized carbons (Fsp3) is 0.267. The molecule has 0 radical (unpaired) electrons. The van der Waals surface area contributed by atoms with Crippen LogP contribution in [0.15, 0.2) is 28.7 Å². The number of hydrogen-bond donors (Lipinski definition) is 3. The molecule has 0 amide bonds. The Morgan fingerprint density at radius 1 is 1.33 bits per heavy atom. The molecule has 2 heterocycles. The minimum atomic E-state index is -4.47. The van der Waals surface area contributed by atoms with Gasteiger partial charge in [-0.2, -0.15) is 0 Å². The van der Waals surface area contributed by atoms with Crippen LogP contribution in [0.3, 0.4) is 0 Å². The molecule has 3 rings (SSSR count). The van der Waals surface area contributed by atoms with Gasteiger partial charge in [-0.05, 0) is 30.2 Å². The molecule has 0 aliphatic heterocycles. The Morgan fingerprint density at radius 2 is 2.04 bits per heavy atom. The van der Waals surface area contributed by atoms with Gasteiger partial charge in [0.25, 0.3) is 0 Å². The fourth-order valence-electron chi connectivity index (χ4n) is 2.55. The predicted molar refractivity (Wildman–Crippen MR) is 93.4 cm³/mol. The molecule has 0 saturated carbocycles. The van der Waals surface area contributed by atoms with Crippen LogP contribution in [0.1, 0.15) is 13.8 Å². The van der Waals surface area contributed by atoms with E-state index in [-0.39, 0.29) is 11.7 Å². The number of aromatic nitrogens is 2. The first-order valence-electron chi connectivity index (χ1n) is 7.29. The standard InChI is InChI=1S/C15H17ClN3O4P/c1-8(2)7-19-14-9(16)3-4-10(17)13(14)18-15(19)11-5-6-12(23-11)24(20,21)22/h3-6,8H,7,17H2,1-2H3,(H2,20,21,22). The van der Waals surface area contributed by atoms with Crippen LogP contribution in [0.2, 0.25) is 5.02 Å². The van der Waals surface area contributed by atoms with Crippen LogP contribution < -0.4 is 11.2 Å². The van der Waals surface area contributed by atoms with Crippen molar-refractivity contribution in [3.8, 4) is 11.6 Å². The molecule has 0 saturated heterocycles. The lowest BCUT2D eigenvalue weighted by atomic mass is 10.2. The molecule has 0 aliphatic carbocycles. The van der Waals surface area contributed by atoms with Crippen molar-refractivity contribution < 1.29 is 18.8 Å². The van der Waals surface area contributed by atoms with Gasteiger partial charge in [0.05, 0.1) is 16.2 Å². The summed E-state index contributed by atoms with van der Waals surface area (Å²) < 4.78 is 18.6. The highest BCUT2D eigenvalue weighted by Gasteiger charge is 2.25. The van der Waals surface area contributed by atoms with Gasteiger partial charge in [0, 0.05) is 6.54 Å². The van der Waals surface area contributed by atoms with E-state index in [4.69, 9.17) is 21.8 Å². The van der Waals surface area contributed by atoms with Gasteiger partial charge < -0.3 is 24.5 Å². The molecule has 3 aromatic rings. The number of nitrogens with zero attached hydrogens (tertiary/aromatic N) is 2. The Morgan fingerprint density at radius 3 is 2.62 bits per heavy atom. The molecule has 1 aromatic carbocycles. The molecule has 0 fully saturated rings. The Balaban J connectivity index is 2.27. The average Bonchev–Trinajstić information content (AvgIpc) is 3.07. The van der Waals surface area contributed by atoms with Gasteiger partial charge in [-0.15, -0.1) is 0 Å². The third kappa shape index (κ3) is 2.96. The van der Waals surface area contributed by atoms with E-state index in [0.717, 1.165) is 0 Å². The quantitative estimate of drug-likeness (QED) is 0.481. The predicted octanol–water partition coefficient (Wildman–Crippen LogP) is 2.99. The molecule has 0 spiro atoms. The molecule has 128 valence electrons. The second kappa shape index (κ2) is 5.93. The number of nitrogen functional groups attached to an aromatic ring is 1. The number of rotatable bonds is 4. The second-order valence-electron chi connectivity index (χ2n) is 5.96. The smallest absolute Gasteiger partial charge is 0.391 e. The van der Waals surface area contributed by atoms with Crippen LogP contribution in [0.4, 0.5) is 5.69 Å². The Labute approximate surface area is 143 Å². The molecule has 24 heavy (non-hydrogen) atoms. The van der Waals surface area contributed by atoms with E-state index in [1.165, 1.54) is 12.1 Å². The van der Waals surface area contributed by atoms with Crippen molar-refractivity contribution in [3.63, 3.8) is 0 Å². The Hall–Kier alpha value is -1.79. The summed E-state index contributed by atoms with van der Waals surface area (Å²) in [4.78, 5) is 23.0. The second-order valence-corrected chi connectivity index (χ2v) is 7.89. The topological polar surface area (TPSA) is 115 Å². The van der Waals surface area contributed by atoms with E-state index in [1.54, 1.807) is 12.1 Å². The van der Waals surface area contributed by atoms with Gasteiger partial charge in [-0.1, -0.05) is 25.4 Å². The van der Waals surface area contributed by atoms with E-state index in [2.05, 4.69) is 4.98 Å². The number of nitrogens with two attached hydrogens (primary N) is 1. The molecule has 0 unspecified atom stereocenters. The van der Waals surface area contributed by atoms with Crippen molar-refractivity contribution in [2.24, 2.45) is 5.92 Å². The molecule has 0 atom stereocenters. The van der Waals surface area contributed by atoms with E-state index in [1.807, 2.05) is 18.4 Å². The number of anilines is 1. The summed E-state index contributed by atoms with van der Waals surface area (Å²) in [5.41, 5.74) is 7.28. The van der Waals surface area contributed by atoms with Crippen molar-refractivity contribution in [1.29, 1.82) is 0 Å². The van der Waals surface area contributed by atoms with Gasteiger partial charge in [0.1, 0.15) is 5.52 Å². The van der Waals surface area contributed by atoms with E-state index in [9.17, 15) is 14.4 Å². The monoisotopic (exact) mass is 369 g/mol. The summed E-state index contributed by atoms with van der Waals surface area (Å²) >= 11 is 6.32. The number of fused-ring (bicyclic) bond motifs is 1. The molecular formula is C15H17ClN3O4P. The highest BCUT2D eigenvalue weighted by atomic mass is 35.5. The highest BCUT2D eigenvalue weighted by molar-refractivity contribution is 7.59. The van der Waals surface area contributed by atoms with Crippen molar-refractivity contribution in [3.05, 3.63) is 29.3 Å². The van der Waals surface area contributed by atoms with Gasteiger partial charge in [0.15, 0.2) is 11.6 Å². The van der Waals surface area contributed by atoms with Gasteiger partial charge in [-0.25, -0.2) is 4.98 Å². The van der Waals surface area contributed by atoms with Crippen LogP contribution in [-0.2, 0) is 11.1 Å². The molecule has 7 nitrogen and oxygen atoms in total. The number of benzene rings is 1. The largest absolute Gasteiger partial charge is 0.445 e. The zero-order chi connectivity index (χ0) is 17.6. The molecule has 4 N–H and O–H groups in total. The molecule has 9 heteroatoms. The van der Waals surface area contributed by atoms with E-state index in [0.29, 0.717) is 34.1 Å². The van der Waals surface area contributed by atoms with Crippen LogP contribution in [0.5, 0.6) is 0 Å². The molecule has 0 aliphatic rings. The SMILES string of the molecule is CC(C)Cn1c(-c2ccc(P(=O)(O)O)o2)nc2c(N)ccc(Cl)c21. The van der Waals surface area contributed by atoms with Crippen LogP contribution >= 0.6 is 19.2 Å². The van der Waals surface area contributed by atoms with Crippen LogP contribution in [-0.4, -0.2) is 19.3 Å². The Bertz CT molecular complexity index is 957. The van der Waals surface area contributed by atoms with Crippen LogP contribution in [0.25, 0.3) is 22.6 Å². The van der Waals surface area contributed by atoms with E-state index >= 15 is 0 Å².